The highest BCUT2D eigenvalue weighted by Gasteiger charge is 2.17. The van der Waals surface area contributed by atoms with Gasteiger partial charge in [0, 0.05) is 11.4 Å². The molecule has 0 spiro atoms. The second-order valence-electron chi connectivity index (χ2n) is 3.67. The Kier molecular flexibility index (Phi) is 5.71. The van der Waals surface area contributed by atoms with Crippen LogP contribution in [0.3, 0.4) is 0 Å². The van der Waals surface area contributed by atoms with Crippen molar-refractivity contribution in [2.75, 3.05) is 12.8 Å². The van der Waals surface area contributed by atoms with E-state index in [-0.39, 0.29) is 5.91 Å². The van der Waals surface area contributed by atoms with Crippen molar-refractivity contribution in [3.63, 3.8) is 0 Å². The van der Waals surface area contributed by atoms with Gasteiger partial charge in [-0.1, -0.05) is 0 Å². The molecule has 0 bridgehead atoms. The van der Waals surface area contributed by atoms with Crippen LogP contribution >= 0.6 is 11.8 Å². The number of likely N-dealkylation sites (N-methyl/N-ethyl adjacent to an activating group) is 1. The maximum atomic E-state index is 11.8. The van der Waals surface area contributed by atoms with Crippen molar-refractivity contribution in [2.45, 2.75) is 24.8 Å². The van der Waals surface area contributed by atoms with Gasteiger partial charge in [-0.2, -0.15) is 0 Å². The Morgan fingerprint density at radius 3 is 2.44 bits per heavy atom. The van der Waals surface area contributed by atoms with Crippen LogP contribution < -0.4 is 5.32 Å². The summed E-state index contributed by atoms with van der Waals surface area (Å²) in [7, 11) is 0. The number of nitrogens with one attached hydrogen (secondary N) is 1. The van der Waals surface area contributed by atoms with Crippen LogP contribution in [0.2, 0.25) is 0 Å². The van der Waals surface area contributed by atoms with Crippen molar-refractivity contribution in [1.29, 1.82) is 0 Å². The molecule has 5 heteroatoms. The molecule has 0 unspecified atom stereocenters. The molecule has 1 atom stereocenters. The van der Waals surface area contributed by atoms with E-state index in [1.165, 1.54) is 0 Å². The lowest BCUT2D eigenvalue weighted by Gasteiger charge is -2.12. The summed E-state index contributed by atoms with van der Waals surface area (Å²) in [4.78, 5) is 24.2. The molecular formula is C13H17NO3S. The lowest BCUT2D eigenvalue weighted by molar-refractivity contribution is -0.128. The number of amides is 1. The van der Waals surface area contributed by atoms with E-state index in [1.54, 1.807) is 30.8 Å². The molecule has 0 fully saturated rings. The summed E-state index contributed by atoms with van der Waals surface area (Å²) in [6.45, 7) is 3.88. The first-order chi connectivity index (χ1) is 8.58. The molecular weight excluding hydrogens is 250 g/mol. The van der Waals surface area contributed by atoms with Crippen LogP contribution in [0.25, 0.3) is 0 Å². The number of hydrogen-bond acceptors (Lipinski definition) is 4. The van der Waals surface area contributed by atoms with E-state index < -0.39 is 12.1 Å². The van der Waals surface area contributed by atoms with Crippen LogP contribution in [0.15, 0.2) is 29.2 Å². The van der Waals surface area contributed by atoms with Gasteiger partial charge in [0.25, 0.3) is 5.91 Å². The third-order valence-electron chi connectivity index (χ3n) is 2.33. The van der Waals surface area contributed by atoms with Crippen LogP contribution in [0, 0.1) is 0 Å². The number of hydrogen-bond donors (Lipinski definition) is 1. The molecule has 0 radical (unpaired) electrons. The number of esters is 1. The zero-order valence-corrected chi connectivity index (χ0v) is 11.5. The molecule has 98 valence electrons. The van der Waals surface area contributed by atoms with E-state index >= 15 is 0 Å². The van der Waals surface area contributed by atoms with Crippen LogP contribution in [-0.4, -0.2) is 30.8 Å². The van der Waals surface area contributed by atoms with Crippen LogP contribution in [0.1, 0.15) is 24.2 Å². The highest BCUT2D eigenvalue weighted by atomic mass is 32.2. The van der Waals surface area contributed by atoms with Gasteiger partial charge in [-0.15, -0.1) is 11.8 Å². The zero-order valence-electron chi connectivity index (χ0n) is 10.7. The lowest BCUT2D eigenvalue weighted by atomic mass is 10.2. The van der Waals surface area contributed by atoms with E-state index in [0.717, 1.165) is 4.90 Å². The summed E-state index contributed by atoms with van der Waals surface area (Å²) in [6.07, 6.45) is 1.18. The van der Waals surface area contributed by atoms with E-state index in [9.17, 15) is 9.59 Å². The van der Waals surface area contributed by atoms with Gasteiger partial charge in [0.2, 0.25) is 0 Å². The minimum Gasteiger partial charge on any atom is -0.449 e. The molecule has 0 heterocycles. The average molecular weight is 267 g/mol. The smallest absolute Gasteiger partial charge is 0.338 e. The van der Waals surface area contributed by atoms with Gasteiger partial charge < -0.3 is 10.1 Å². The Labute approximate surface area is 111 Å². The predicted molar refractivity (Wildman–Crippen MR) is 71.8 cm³/mol. The molecule has 0 saturated carbocycles. The minimum absolute atomic E-state index is 0.286. The average Bonchev–Trinajstić information content (AvgIpc) is 2.39. The molecule has 0 aliphatic heterocycles. The van der Waals surface area contributed by atoms with Gasteiger partial charge in [0.15, 0.2) is 6.10 Å². The fourth-order valence-corrected chi connectivity index (χ4v) is 1.74. The summed E-state index contributed by atoms with van der Waals surface area (Å²) in [5.74, 6) is -0.770. The quantitative estimate of drug-likeness (QED) is 0.655. The lowest BCUT2D eigenvalue weighted by Crippen LogP contribution is -2.35. The largest absolute Gasteiger partial charge is 0.449 e. The first-order valence-electron chi connectivity index (χ1n) is 5.71. The predicted octanol–water partition coefficient (Wildman–Crippen LogP) is 2.09. The van der Waals surface area contributed by atoms with Gasteiger partial charge in [0.05, 0.1) is 5.56 Å². The first-order valence-corrected chi connectivity index (χ1v) is 6.93. The molecule has 1 rings (SSSR count). The van der Waals surface area contributed by atoms with E-state index in [2.05, 4.69) is 5.32 Å². The normalized spacial score (nSPS) is 11.7. The molecule has 4 nitrogen and oxygen atoms in total. The Bertz CT molecular complexity index is 417. The van der Waals surface area contributed by atoms with E-state index in [1.807, 2.05) is 25.3 Å². The summed E-state index contributed by atoms with van der Waals surface area (Å²) in [6, 6.07) is 7.08. The van der Waals surface area contributed by atoms with Crippen LogP contribution in [0.5, 0.6) is 0 Å². The van der Waals surface area contributed by atoms with Gasteiger partial charge >= 0.3 is 5.97 Å². The number of benzene rings is 1. The molecule has 0 aliphatic carbocycles. The van der Waals surface area contributed by atoms with Crippen molar-refractivity contribution in [3.8, 4) is 0 Å². The molecule has 1 N–H and O–H groups in total. The van der Waals surface area contributed by atoms with Gasteiger partial charge in [-0.05, 0) is 44.4 Å². The SMILES string of the molecule is CCNC(=O)[C@H](C)OC(=O)c1ccc(SC)cc1. The first kappa shape index (κ1) is 14.6. The van der Waals surface area contributed by atoms with Gasteiger partial charge in [0.1, 0.15) is 0 Å². The van der Waals surface area contributed by atoms with Crippen molar-refractivity contribution < 1.29 is 14.3 Å². The topological polar surface area (TPSA) is 55.4 Å². The highest BCUT2D eigenvalue weighted by Crippen LogP contribution is 2.15. The summed E-state index contributed by atoms with van der Waals surface area (Å²) >= 11 is 1.60. The Morgan fingerprint density at radius 1 is 1.33 bits per heavy atom. The highest BCUT2D eigenvalue weighted by molar-refractivity contribution is 7.98. The number of thioether (sulfide) groups is 1. The summed E-state index contributed by atoms with van der Waals surface area (Å²) in [5, 5.41) is 2.60. The third-order valence-corrected chi connectivity index (χ3v) is 3.07. The summed E-state index contributed by atoms with van der Waals surface area (Å²) in [5.41, 5.74) is 0.448. The number of carbonyl (C=O) groups excluding carboxylic acids is 2. The van der Waals surface area contributed by atoms with Crippen molar-refractivity contribution >= 4 is 23.6 Å². The molecule has 0 aromatic heterocycles. The van der Waals surface area contributed by atoms with Crippen molar-refractivity contribution in [2.24, 2.45) is 0 Å². The Morgan fingerprint density at radius 2 is 1.94 bits per heavy atom. The third kappa shape index (κ3) is 4.07. The monoisotopic (exact) mass is 267 g/mol. The van der Waals surface area contributed by atoms with Crippen molar-refractivity contribution in [1.82, 2.24) is 5.32 Å². The maximum absolute atomic E-state index is 11.8. The van der Waals surface area contributed by atoms with E-state index in [0.29, 0.717) is 12.1 Å². The van der Waals surface area contributed by atoms with Crippen LogP contribution in [0.4, 0.5) is 0 Å². The Balaban J connectivity index is 2.61. The van der Waals surface area contributed by atoms with Gasteiger partial charge in [-0.25, -0.2) is 4.79 Å². The number of carbonyl (C=O) groups is 2. The molecule has 1 aromatic carbocycles. The fourth-order valence-electron chi connectivity index (χ4n) is 1.33. The number of rotatable bonds is 5. The standard InChI is InChI=1S/C13H17NO3S/c1-4-14-12(15)9(2)17-13(16)10-5-7-11(18-3)8-6-10/h5-9H,4H2,1-3H3,(H,14,15)/t9-/m0/s1. The molecule has 1 amide bonds. The van der Waals surface area contributed by atoms with Crippen molar-refractivity contribution in [3.05, 3.63) is 29.8 Å². The molecule has 0 saturated heterocycles. The second kappa shape index (κ2) is 7.06. The minimum atomic E-state index is -0.780. The fraction of sp³-hybridized carbons (Fsp3) is 0.385. The molecule has 18 heavy (non-hydrogen) atoms. The van der Waals surface area contributed by atoms with E-state index in [4.69, 9.17) is 4.74 Å². The number of ether oxygens (including phenoxy) is 1. The molecule has 1 aromatic rings. The summed E-state index contributed by atoms with van der Waals surface area (Å²) < 4.78 is 5.07. The Hall–Kier alpha value is -1.49. The maximum Gasteiger partial charge on any atom is 0.338 e. The molecule has 0 aliphatic rings. The second-order valence-corrected chi connectivity index (χ2v) is 4.55. The zero-order chi connectivity index (χ0) is 13.5. The van der Waals surface area contributed by atoms with Gasteiger partial charge in [-0.3, -0.25) is 4.79 Å². The van der Waals surface area contributed by atoms with Crippen LogP contribution in [-0.2, 0) is 9.53 Å².